The van der Waals surface area contributed by atoms with Gasteiger partial charge in [-0.2, -0.15) is 0 Å². The van der Waals surface area contributed by atoms with Crippen molar-refractivity contribution in [1.82, 2.24) is 9.88 Å². The molecule has 2 rings (SSSR count). The van der Waals surface area contributed by atoms with Crippen molar-refractivity contribution in [2.75, 3.05) is 19.0 Å². The van der Waals surface area contributed by atoms with Gasteiger partial charge in [0.1, 0.15) is 11.4 Å². The SMILES string of the molecule is COc1ccc(C[C@@H](C)CNC(=O)Nc2cccn(C)c2=O)cc1. The molecule has 6 heteroatoms. The van der Waals surface area contributed by atoms with Crippen molar-refractivity contribution in [2.24, 2.45) is 13.0 Å². The fourth-order valence-corrected chi connectivity index (χ4v) is 2.36. The van der Waals surface area contributed by atoms with Gasteiger partial charge in [0.05, 0.1) is 7.11 Å². The van der Waals surface area contributed by atoms with Gasteiger partial charge < -0.3 is 19.9 Å². The van der Waals surface area contributed by atoms with Crippen molar-refractivity contribution in [3.8, 4) is 5.75 Å². The minimum Gasteiger partial charge on any atom is -0.497 e. The summed E-state index contributed by atoms with van der Waals surface area (Å²) in [5, 5.41) is 5.38. The minimum atomic E-state index is -0.375. The van der Waals surface area contributed by atoms with Crippen LogP contribution in [0.25, 0.3) is 0 Å². The summed E-state index contributed by atoms with van der Waals surface area (Å²) in [6.07, 6.45) is 2.49. The number of aryl methyl sites for hydroxylation is 1. The van der Waals surface area contributed by atoms with E-state index < -0.39 is 0 Å². The highest BCUT2D eigenvalue weighted by Gasteiger charge is 2.09. The Balaban J connectivity index is 1.82. The lowest BCUT2D eigenvalue weighted by molar-refractivity contribution is 0.250. The van der Waals surface area contributed by atoms with Crippen LogP contribution in [0.5, 0.6) is 5.75 Å². The summed E-state index contributed by atoms with van der Waals surface area (Å²) in [7, 11) is 3.28. The number of hydrogen-bond acceptors (Lipinski definition) is 3. The molecule has 0 saturated heterocycles. The van der Waals surface area contributed by atoms with Gasteiger partial charge in [-0.3, -0.25) is 4.79 Å². The van der Waals surface area contributed by atoms with Crippen molar-refractivity contribution < 1.29 is 9.53 Å². The first-order chi connectivity index (χ1) is 11.5. The summed E-state index contributed by atoms with van der Waals surface area (Å²) in [5.41, 5.74) is 1.21. The monoisotopic (exact) mass is 329 g/mol. The average molecular weight is 329 g/mol. The molecule has 6 nitrogen and oxygen atoms in total. The number of rotatable bonds is 6. The Bertz CT molecular complexity index is 738. The molecule has 0 bridgehead atoms. The second-order valence-electron chi connectivity index (χ2n) is 5.83. The fraction of sp³-hybridized carbons (Fsp3) is 0.333. The third kappa shape index (κ3) is 4.87. The topological polar surface area (TPSA) is 72.4 Å². The van der Waals surface area contributed by atoms with Gasteiger partial charge in [-0.1, -0.05) is 19.1 Å². The number of pyridine rings is 1. The maximum atomic E-state index is 11.9. The molecule has 0 spiro atoms. The molecule has 0 aliphatic heterocycles. The lowest BCUT2D eigenvalue weighted by atomic mass is 10.0. The number of nitrogens with zero attached hydrogens (tertiary/aromatic N) is 1. The van der Waals surface area contributed by atoms with E-state index in [2.05, 4.69) is 17.6 Å². The van der Waals surface area contributed by atoms with E-state index in [4.69, 9.17) is 4.74 Å². The lowest BCUT2D eigenvalue weighted by Gasteiger charge is -2.14. The van der Waals surface area contributed by atoms with E-state index in [1.807, 2.05) is 24.3 Å². The van der Waals surface area contributed by atoms with Crippen molar-refractivity contribution in [1.29, 1.82) is 0 Å². The van der Waals surface area contributed by atoms with Crippen molar-refractivity contribution in [3.05, 3.63) is 58.5 Å². The van der Waals surface area contributed by atoms with E-state index in [1.54, 1.807) is 32.5 Å². The van der Waals surface area contributed by atoms with Crippen LogP contribution in [-0.4, -0.2) is 24.3 Å². The first-order valence-corrected chi connectivity index (χ1v) is 7.83. The van der Waals surface area contributed by atoms with Gasteiger partial charge >= 0.3 is 6.03 Å². The third-order valence-electron chi connectivity index (χ3n) is 3.73. The lowest BCUT2D eigenvalue weighted by Crippen LogP contribution is -2.35. The molecule has 0 fully saturated rings. The molecule has 2 N–H and O–H groups in total. The molecule has 0 aliphatic rings. The van der Waals surface area contributed by atoms with E-state index in [-0.39, 0.29) is 23.2 Å². The first-order valence-electron chi connectivity index (χ1n) is 7.83. The Morgan fingerprint density at radius 3 is 2.62 bits per heavy atom. The number of amides is 2. The largest absolute Gasteiger partial charge is 0.497 e. The third-order valence-corrected chi connectivity index (χ3v) is 3.73. The minimum absolute atomic E-state index is 0.237. The Kier molecular flexibility index (Phi) is 6.01. The van der Waals surface area contributed by atoms with Crippen molar-refractivity contribution >= 4 is 11.7 Å². The smallest absolute Gasteiger partial charge is 0.319 e. The van der Waals surface area contributed by atoms with E-state index in [1.165, 1.54) is 10.1 Å². The standard InChI is InChI=1S/C18H23N3O3/c1-13(11-14-6-8-15(24-3)9-7-14)12-19-18(23)20-16-5-4-10-21(2)17(16)22/h4-10,13H,11-12H2,1-3H3,(H2,19,20,23)/t13-/m1/s1. The first kappa shape index (κ1) is 17.6. The highest BCUT2D eigenvalue weighted by Crippen LogP contribution is 2.14. The fourth-order valence-electron chi connectivity index (χ4n) is 2.36. The molecule has 0 aliphatic carbocycles. The Labute approximate surface area is 141 Å². The molecule has 1 heterocycles. The van der Waals surface area contributed by atoms with Crippen molar-refractivity contribution in [2.45, 2.75) is 13.3 Å². The van der Waals surface area contributed by atoms with Crippen LogP contribution < -0.4 is 20.9 Å². The number of anilines is 1. The summed E-state index contributed by atoms with van der Waals surface area (Å²) in [6.45, 7) is 2.58. The molecule has 0 radical (unpaired) electrons. The predicted molar refractivity (Wildman–Crippen MR) is 94.6 cm³/mol. The van der Waals surface area contributed by atoms with Gasteiger partial charge in [0.15, 0.2) is 0 Å². The number of hydrogen-bond donors (Lipinski definition) is 2. The number of carbonyl (C=O) groups excluding carboxylic acids is 1. The molecule has 128 valence electrons. The molecule has 0 saturated carbocycles. The Hall–Kier alpha value is -2.76. The predicted octanol–water partition coefficient (Wildman–Crippen LogP) is 2.39. The molecule has 1 aromatic carbocycles. The number of ether oxygens (including phenoxy) is 1. The molecule has 1 atom stereocenters. The molecule has 2 aromatic rings. The van der Waals surface area contributed by atoms with E-state index in [0.29, 0.717) is 6.54 Å². The molecule has 0 unspecified atom stereocenters. The number of aromatic nitrogens is 1. The van der Waals surface area contributed by atoms with E-state index >= 15 is 0 Å². The number of carbonyl (C=O) groups is 1. The summed E-state index contributed by atoms with van der Waals surface area (Å²) in [4.78, 5) is 23.8. The number of methoxy groups -OCH3 is 1. The molecule has 1 aromatic heterocycles. The van der Waals surface area contributed by atoms with Crippen LogP contribution in [0.4, 0.5) is 10.5 Å². The number of nitrogens with one attached hydrogen (secondary N) is 2. The van der Waals surface area contributed by atoms with Crippen LogP contribution in [-0.2, 0) is 13.5 Å². The average Bonchev–Trinajstić information content (AvgIpc) is 2.58. The number of benzene rings is 1. The van der Waals surface area contributed by atoms with Gasteiger partial charge in [-0.25, -0.2) is 4.79 Å². The Morgan fingerprint density at radius 2 is 1.96 bits per heavy atom. The second-order valence-corrected chi connectivity index (χ2v) is 5.83. The molecule has 24 heavy (non-hydrogen) atoms. The molecular formula is C18H23N3O3. The summed E-state index contributed by atoms with van der Waals surface area (Å²) in [6, 6.07) is 10.8. The highest BCUT2D eigenvalue weighted by molar-refractivity contribution is 5.88. The second kappa shape index (κ2) is 8.19. The zero-order valence-electron chi connectivity index (χ0n) is 14.2. The number of urea groups is 1. The van der Waals surface area contributed by atoms with Crippen LogP contribution in [0.1, 0.15) is 12.5 Å². The summed E-state index contributed by atoms with van der Waals surface area (Å²) < 4.78 is 6.55. The van der Waals surface area contributed by atoms with Gasteiger partial charge in [0.2, 0.25) is 0 Å². The molecule has 2 amide bonds. The van der Waals surface area contributed by atoms with Crippen LogP contribution in [0.15, 0.2) is 47.4 Å². The van der Waals surface area contributed by atoms with Crippen LogP contribution in [0.3, 0.4) is 0 Å². The van der Waals surface area contributed by atoms with Crippen LogP contribution in [0, 0.1) is 5.92 Å². The van der Waals surface area contributed by atoms with Gasteiger partial charge in [0.25, 0.3) is 5.56 Å². The zero-order valence-corrected chi connectivity index (χ0v) is 14.2. The summed E-state index contributed by atoms with van der Waals surface area (Å²) >= 11 is 0. The maximum absolute atomic E-state index is 11.9. The summed E-state index contributed by atoms with van der Waals surface area (Å²) in [5.74, 6) is 1.09. The van der Waals surface area contributed by atoms with E-state index in [9.17, 15) is 9.59 Å². The van der Waals surface area contributed by atoms with E-state index in [0.717, 1.165) is 12.2 Å². The zero-order chi connectivity index (χ0) is 17.5. The normalized spacial score (nSPS) is 11.6. The highest BCUT2D eigenvalue weighted by atomic mass is 16.5. The Morgan fingerprint density at radius 1 is 1.25 bits per heavy atom. The maximum Gasteiger partial charge on any atom is 0.319 e. The molecular weight excluding hydrogens is 306 g/mol. The van der Waals surface area contributed by atoms with Gasteiger partial charge in [-0.05, 0) is 42.2 Å². The quantitative estimate of drug-likeness (QED) is 0.855. The van der Waals surface area contributed by atoms with Crippen LogP contribution >= 0.6 is 0 Å². The van der Waals surface area contributed by atoms with Crippen molar-refractivity contribution in [3.63, 3.8) is 0 Å². The van der Waals surface area contributed by atoms with Crippen LogP contribution in [0.2, 0.25) is 0 Å². The van der Waals surface area contributed by atoms with Gasteiger partial charge in [0, 0.05) is 19.8 Å². The van der Waals surface area contributed by atoms with Gasteiger partial charge in [-0.15, -0.1) is 0 Å².